The topological polar surface area (TPSA) is 124 Å². The summed E-state index contributed by atoms with van der Waals surface area (Å²) in [7, 11) is 4.03. The van der Waals surface area contributed by atoms with Crippen LogP contribution in [0.3, 0.4) is 0 Å². The average molecular weight is 673 g/mol. The number of aryl methyl sites for hydroxylation is 1. The molecule has 0 bridgehead atoms. The van der Waals surface area contributed by atoms with Gasteiger partial charge in [0.05, 0.1) is 43.7 Å². The monoisotopic (exact) mass is 672 g/mol. The van der Waals surface area contributed by atoms with Gasteiger partial charge in [0.2, 0.25) is 16.0 Å². The van der Waals surface area contributed by atoms with Crippen molar-refractivity contribution in [1.29, 1.82) is 0 Å². The summed E-state index contributed by atoms with van der Waals surface area (Å²) in [6.45, 7) is 6.46. The summed E-state index contributed by atoms with van der Waals surface area (Å²) in [5, 5.41) is 6.65. The molecule has 3 N–H and O–H groups in total. The number of nitrogens with one attached hydrogen (secondary N) is 3. The lowest BCUT2D eigenvalue weighted by Crippen LogP contribution is -2.52. The van der Waals surface area contributed by atoms with Crippen LogP contribution in [0.25, 0.3) is 0 Å². The summed E-state index contributed by atoms with van der Waals surface area (Å²) in [4.78, 5) is 16.5. The van der Waals surface area contributed by atoms with E-state index in [4.69, 9.17) is 21.1 Å². The number of aromatic nitrogens is 2. The molecular weight excluding hydrogens is 628 g/mol. The molecule has 0 saturated carbocycles. The molecule has 1 unspecified atom stereocenters. The quantitative estimate of drug-likeness (QED) is 0.246. The van der Waals surface area contributed by atoms with Crippen molar-refractivity contribution in [2.75, 3.05) is 81.0 Å². The third kappa shape index (κ3) is 8.24. The summed E-state index contributed by atoms with van der Waals surface area (Å²) < 4.78 is 37.6. The molecular formula is C32H45ClN8O4S. The van der Waals surface area contributed by atoms with Crippen LogP contribution in [0.4, 0.5) is 34.5 Å². The lowest BCUT2D eigenvalue weighted by Gasteiger charge is -2.44. The first-order chi connectivity index (χ1) is 21.9. The Kier molecular flexibility index (Phi) is 10.7. The molecule has 3 aromatic rings. The van der Waals surface area contributed by atoms with Crippen LogP contribution >= 0.6 is 11.6 Å². The minimum atomic E-state index is -3.54. The highest BCUT2D eigenvalue weighted by atomic mass is 35.5. The fraction of sp³-hybridized carbons (Fsp3) is 0.500. The first-order valence-electron chi connectivity index (χ1n) is 15.5. The van der Waals surface area contributed by atoms with E-state index in [0.29, 0.717) is 35.0 Å². The Bertz CT molecular complexity index is 1630. The predicted molar refractivity (Wildman–Crippen MR) is 186 cm³/mol. The molecule has 0 amide bonds. The number of hydrogen-bond donors (Lipinski definition) is 3. The van der Waals surface area contributed by atoms with Crippen LogP contribution in [0, 0.1) is 6.92 Å². The van der Waals surface area contributed by atoms with Gasteiger partial charge in [-0.1, -0.05) is 11.6 Å². The Morgan fingerprint density at radius 3 is 2.41 bits per heavy atom. The van der Waals surface area contributed by atoms with Gasteiger partial charge in [0.25, 0.3) is 0 Å². The Labute approximate surface area is 277 Å². The number of benzene rings is 2. The van der Waals surface area contributed by atoms with Crippen molar-refractivity contribution < 1.29 is 17.9 Å². The molecule has 2 aliphatic heterocycles. The summed E-state index contributed by atoms with van der Waals surface area (Å²) in [6, 6.07) is 10.3. The predicted octanol–water partition coefficient (Wildman–Crippen LogP) is 5.31. The Balaban J connectivity index is 1.31. The molecule has 3 heterocycles. The molecule has 46 heavy (non-hydrogen) atoms. The van der Waals surface area contributed by atoms with Gasteiger partial charge in [-0.15, -0.1) is 0 Å². The molecule has 0 radical (unpaired) electrons. The fourth-order valence-corrected chi connectivity index (χ4v) is 7.01. The van der Waals surface area contributed by atoms with E-state index in [1.807, 2.05) is 6.07 Å². The van der Waals surface area contributed by atoms with Crippen LogP contribution in [0.15, 0.2) is 36.5 Å². The molecule has 1 atom stereocenters. The van der Waals surface area contributed by atoms with Crippen LogP contribution in [-0.4, -0.2) is 101 Å². The third-order valence-corrected chi connectivity index (χ3v) is 9.63. The van der Waals surface area contributed by atoms with Gasteiger partial charge < -0.3 is 29.9 Å². The zero-order valence-corrected chi connectivity index (χ0v) is 29.0. The van der Waals surface area contributed by atoms with Gasteiger partial charge in [-0.05, 0) is 77.0 Å². The number of hydrogen-bond acceptors (Lipinski definition) is 11. The molecule has 2 aliphatic rings. The fourth-order valence-electron chi connectivity index (χ4n) is 6.30. The minimum absolute atomic E-state index is 0.252. The summed E-state index contributed by atoms with van der Waals surface area (Å²) in [5.41, 5.74) is 3.73. The number of nitrogens with zero attached hydrogens (tertiary/aromatic N) is 5. The highest BCUT2D eigenvalue weighted by Gasteiger charge is 2.30. The number of ether oxygens (including phenoxy) is 2. The van der Waals surface area contributed by atoms with E-state index in [1.54, 1.807) is 25.3 Å². The summed E-state index contributed by atoms with van der Waals surface area (Å²) in [5.74, 6) is 1.77. The standard InChI is InChI=1S/C32H45ClN8O4S/c1-21-16-28(30(45-5)18-29(21)40-14-11-22(12-15-40)41-13-7-8-23(20-41)39(2)3)36-32-34-19-25(33)31(37-32)35-27-17-24(44-4)9-10-26(27)38-46(6,42)43/h9-10,16-19,22-23,38H,7-8,11-15,20H2,1-6H3,(H2,34,35,36,37). The molecule has 14 heteroatoms. The normalized spacial score (nSPS) is 18.0. The second-order valence-electron chi connectivity index (χ2n) is 12.2. The van der Waals surface area contributed by atoms with Gasteiger partial charge in [0.15, 0.2) is 5.82 Å². The molecule has 2 fully saturated rings. The zero-order chi connectivity index (χ0) is 33.0. The second-order valence-corrected chi connectivity index (χ2v) is 14.4. The maximum atomic E-state index is 12.0. The van der Waals surface area contributed by atoms with Crippen LogP contribution in [-0.2, 0) is 10.0 Å². The van der Waals surface area contributed by atoms with E-state index in [0.717, 1.165) is 55.7 Å². The first-order valence-corrected chi connectivity index (χ1v) is 17.8. The van der Waals surface area contributed by atoms with Crippen molar-refractivity contribution in [2.45, 2.75) is 44.7 Å². The van der Waals surface area contributed by atoms with Gasteiger partial charge in [-0.3, -0.25) is 9.62 Å². The second kappa shape index (κ2) is 14.5. The molecule has 5 rings (SSSR count). The van der Waals surface area contributed by atoms with E-state index in [-0.39, 0.29) is 16.8 Å². The lowest BCUT2D eigenvalue weighted by atomic mass is 9.96. The molecule has 2 aromatic carbocycles. The van der Waals surface area contributed by atoms with Crippen molar-refractivity contribution in [2.24, 2.45) is 0 Å². The van der Waals surface area contributed by atoms with Gasteiger partial charge in [-0.25, -0.2) is 13.4 Å². The van der Waals surface area contributed by atoms with Crippen molar-refractivity contribution in [3.63, 3.8) is 0 Å². The van der Waals surface area contributed by atoms with Crippen molar-refractivity contribution in [3.05, 3.63) is 47.1 Å². The van der Waals surface area contributed by atoms with E-state index in [1.165, 1.54) is 32.7 Å². The van der Waals surface area contributed by atoms with Crippen molar-refractivity contribution in [3.8, 4) is 11.5 Å². The molecule has 0 spiro atoms. The number of sulfonamides is 1. The van der Waals surface area contributed by atoms with Crippen molar-refractivity contribution >= 4 is 56.1 Å². The van der Waals surface area contributed by atoms with Crippen LogP contribution < -0.4 is 29.7 Å². The van der Waals surface area contributed by atoms with E-state index >= 15 is 0 Å². The Morgan fingerprint density at radius 2 is 1.74 bits per heavy atom. The molecule has 12 nitrogen and oxygen atoms in total. The van der Waals surface area contributed by atoms with Gasteiger partial charge >= 0.3 is 0 Å². The smallest absolute Gasteiger partial charge is 0.229 e. The number of halogens is 1. The number of methoxy groups -OCH3 is 2. The number of rotatable bonds is 11. The largest absolute Gasteiger partial charge is 0.497 e. The summed E-state index contributed by atoms with van der Waals surface area (Å²) in [6.07, 6.45) is 7.40. The molecule has 0 aliphatic carbocycles. The number of piperidine rings is 2. The van der Waals surface area contributed by atoms with E-state index < -0.39 is 10.0 Å². The van der Waals surface area contributed by atoms with Gasteiger partial charge in [0, 0.05) is 49.5 Å². The third-order valence-electron chi connectivity index (χ3n) is 8.76. The highest BCUT2D eigenvalue weighted by molar-refractivity contribution is 7.92. The molecule has 250 valence electrons. The zero-order valence-electron chi connectivity index (χ0n) is 27.4. The van der Waals surface area contributed by atoms with E-state index in [9.17, 15) is 8.42 Å². The van der Waals surface area contributed by atoms with Gasteiger partial charge in [0.1, 0.15) is 16.5 Å². The maximum absolute atomic E-state index is 12.0. The van der Waals surface area contributed by atoms with Gasteiger partial charge in [-0.2, -0.15) is 4.98 Å². The van der Waals surface area contributed by atoms with Crippen LogP contribution in [0.2, 0.25) is 5.02 Å². The SMILES string of the molecule is COc1ccc(NS(C)(=O)=O)c(Nc2nc(Nc3cc(C)c(N4CCC(N5CCCC(N(C)C)C5)CC4)cc3OC)ncc2Cl)c1. The minimum Gasteiger partial charge on any atom is -0.497 e. The number of likely N-dealkylation sites (N-methyl/N-ethyl adjacent to an activating group) is 1. The highest BCUT2D eigenvalue weighted by Crippen LogP contribution is 2.37. The molecule has 1 aromatic heterocycles. The maximum Gasteiger partial charge on any atom is 0.229 e. The average Bonchev–Trinajstić information content (AvgIpc) is 3.03. The Morgan fingerprint density at radius 1 is 0.978 bits per heavy atom. The lowest BCUT2D eigenvalue weighted by molar-refractivity contribution is 0.0846. The van der Waals surface area contributed by atoms with Crippen molar-refractivity contribution in [1.82, 2.24) is 19.8 Å². The number of anilines is 6. The summed E-state index contributed by atoms with van der Waals surface area (Å²) >= 11 is 6.46. The molecule has 2 saturated heterocycles. The Hall–Kier alpha value is -3.52. The first kappa shape index (κ1) is 33.8. The van der Waals surface area contributed by atoms with E-state index in [2.05, 4.69) is 67.1 Å². The van der Waals surface area contributed by atoms with Crippen LogP contribution in [0.5, 0.6) is 11.5 Å². The van der Waals surface area contributed by atoms with Crippen LogP contribution in [0.1, 0.15) is 31.2 Å². The number of likely N-dealkylation sites (tertiary alicyclic amines) is 1.